The van der Waals surface area contributed by atoms with E-state index in [4.69, 9.17) is 9.47 Å². The fourth-order valence-corrected chi connectivity index (χ4v) is 2.78. The van der Waals surface area contributed by atoms with Gasteiger partial charge in [-0.3, -0.25) is 9.59 Å². The van der Waals surface area contributed by atoms with Crippen LogP contribution in [0.2, 0.25) is 0 Å². The molecule has 0 bridgehead atoms. The van der Waals surface area contributed by atoms with E-state index in [1.807, 2.05) is 13.0 Å². The molecule has 0 atom stereocenters. The fraction of sp³-hybridized carbons (Fsp3) is 0.417. The summed E-state index contributed by atoms with van der Waals surface area (Å²) in [6.07, 6.45) is 11.4. The third kappa shape index (κ3) is 7.98. The number of ether oxygens (including phenoxy) is 2. The minimum absolute atomic E-state index is 0.0549. The number of phenols is 1. The molecular formula is C24H32O5. The van der Waals surface area contributed by atoms with Gasteiger partial charge in [0.2, 0.25) is 5.75 Å². The van der Waals surface area contributed by atoms with Crippen LogP contribution < -0.4 is 9.47 Å². The number of hydrogen-bond donors (Lipinski definition) is 1. The molecule has 1 rings (SSSR count). The first kappa shape index (κ1) is 24.2. The van der Waals surface area contributed by atoms with Gasteiger partial charge in [0.15, 0.2) is 24.1 Å². The smallest absolute Gasteiger partial charge is 0.204 e. The molecule has 5 heteroatoms. The van der Waals surface area contributed by atoms with E-state index in [1.54, 1.807) is 0 Å². The van der Waals surface area contributed by atoms with Crippen molar-refractivity contribution in [3.05, 3.63) is 52.1 Å². The lowest BCUT2D eigenvalue weighted by Gasteiger charge is -2.14. The zero-order chi connectivity index (χ0) is 21.8. The normalized spacial score (nSPS) is 11.8. The van der Waals surface area contributed by atoms with Crippen molar-refractivity contribution in [2.45, 2.75) is 53.4 Å². The molecule has 158 valence electrons. The highest BCUT2D eigenvalue weighted by molar-refractivity contribution is 5.95. The average molecular weight is 401 g/mol. The SMILES string of the molecule is COc1cc(C=O)c(C=O)c(O)c1OC/C=C(\C)CC/C=C(\C)CCC=C(C)C. The molecule has 0 unspecified atom stereocenters. The molecule has 0 saturated heterocycles. The Labute approximate surface area is 173 Å². The lowest BCUT2D eigenvalue weighted by Crippen LogP contribution is -2.02. The van der Waals surface area contributed by atoms with Gasteiger partial charge in [0.1, 0.15) is 6.61 Å². The molecule has 29 heavy (non-hydrogen) atoms. The van der Waals surface area contributed by atoms with Gasteiger partial charge in [-0.05, 0) is 65.5 Å². The lowest BCUT2D eigenvalue weighted by atomic mass is 10.1. The quantitative estimate of drug-likeness (QED) is 0.353. The molecule has 0 aliphatic carbocycles. The van der Waals surface area contributed by atoms with E-state index < -0.39 is 0 Å². The highest BCUT2D eigenvalue weighted by Gasteiger charge is 2.19. The van der Waals surface area contributed by atoms with E-state index in [9.17, 15) is 14.7 Å². The van der Waals surface area contributed by atoms with Crippen molar-refractivity contribution in [3.8, 4) is 17.2 Å². The van der Waals surface area contributed by atoms with Crippen LogP contribution >= 0.6 is 0 Å². The number of benzene rings is 1. The van der Waals surface area contributed by atoms with Gasteiger partial charge in [-0.15, -0.1) is 0 Å². The van der Waals surface area contributed by atoms with E-state index in [-0.39, 0.29) is 35.0 Å². The molecule has 0 aliphatic heterocycles. The number of allylic oxidation sites excluding steroid dienone is 5. The standard InChI is InChI=1S/C24H32O5/c1-17(2)8-6-9-18(3)10-7-11-19(4)12-13-29-24-22(28-5)14-20(15-25)21(16-26)23(24)27/h8,10,12,14-16,27H,6-7,9,11,13H2,1-5H3/b18-10+,19-12+. The van der Waals surface area contributed by atoms with E-state index >= 15 is 0 Å². The minimum Gasteiger partial charge on any atom is -0.504 e. The summed E-state index contributed by atoms with van der Waals surface area (Å²) >= 11 is 0. The maximum absolute atomic E-state index is 11.2. The number of rotatable bonds is 12. The van der Waals surface area contributed by atoms with Crippen LogP contribution in [0, 0.1) is 0 Å². The first-order chi connectivity index (χ1) is 13.8. The summed E-state index contributed by atoms with van der Waals surface area (Å²) in [6.45, 7) is 8.63. The Hall–Kier alpha value is -2.82. The second-order valence-electron chi connectivity index (χ2n) is 7.27. The van der Waals surface area contributed by atoms with Crippen LogP contribution in [-0.4, -0.2) is 31.4 Å². The van der Waals surface area contributed by atoms with Crippen LogP contribution in [-0.2, 0) is 0 Å². The van der Waals surface area contributed by atoms with E-state index in [2.05, 4.69) is 32.9 Å². The number of phenolic OH excluding ortho intramolecular Hbond substituents is 1. The van der Waals surface area contributed by atoms with Gasteiger partial charge in [-0.25, -0.2) is 0 Å². The van der Waals surface area contributed by atoms with Gasteiger partial charge < -0.3 is 14.6 Å². The predicted octanol–water partition coefficient (Wildman–Crippen LogP) is 5.82. The number of methoxy groups -OCH3 is 1. The van der Waals surface area contributed by atoms with Crippen molar-refractivity contribution in [2.24, 2.45) is 0 Å². The summed E-state index contributed by atoms with van der Waals surface area (Å²) in [5.41, 5.74) is 3.85. The van der Waals surface area contributed by atoms with Gasteiger partial charge in [0.25, 0.3) is 0 Å². The molecule has 1 aromatic rings. The van der Waals surface area contributed by atoms with E-state index in [0.717, 1.165) is 31.3 Å². The van der Waals surface area contributed by atoms with Gasteiger partial charge in [0, 0.05) is 5.56 Å². The van der Waals surface area contributed by atoms with E-state index in [1.165, 1.54) is 24.3 Å². The number of carbonyl (C=O) groups excluding carboxylic acids is 2. The van der Waals surface area contributed by atoms with Crippen LogP contribution in [0.5, 0.6) is 17.2 Å². The van der Waals surface area contributed by atoms with Crippen molar-refractivity contribution in [1.82, 2.24) is 0 Å². The second-order valence-corrected chi connectivity index (χ2v) is 7.27. The average Bonchev–Trinajstić information content (AvgIpc) is 2.68. The predicted molar refractivity (Wildman–Crippen MR) is 116 cm³/mol. The first-order valence-corrected chi connectivity index (χ1v) is 9.75. The topological polar surface area (TPSA) is 72.8 Å². The summed E-state index contributed by atoms with van der Waals surface area (Å²) in [5.74, 6) is -0.127. The zero-order valence-corrected chi connectivity index (χ0v) is 18.1. The zero-order valence-electron chi connectivity index (χ0n) is 18.1. The number of aldehydes is 2. The lowest BCUT2D eigenvalue weighted by molar-refractivity contribution is 0.109. The molecule has 5 nitrogen and oxygen atoms in total. The van der Waals surface area contributed by atoms with Crippen LogP contribution in [0.4, 0.5) is 0 Å². The molecule has 0 heterocycles. The largest absolute Gasteiger partial charge is 0.504 e. The summed E-state index contributed by atoms with van der Waals surface area (Å²) in [6, 6.07) is 1.38. The van der Waals surface area contributed by atoms with Crippen molar-refractivity contribution in [1.29, 1.82) is 0 Å². The van der Waals surface area contributed by atoms with Gasteiger partial charge in [0.05, 0.1) is 12.7 Å². The Morgan fingerprint density at radius 3 is 2.14 bits per heavy atom. The van der Waals surface area contributed by atoms with Crippen LogP contribution in [0.15, 0.2) is 41.0 Å². The molecular weight excluding hydrogens is 368 g/mol. The minimum atomic E-state index is -0.387. The van der Waals surface area contributed by atoms with Gasteiger partial charge in [-0.1, -0.05) is 28.9 Å². The Kier molecular flexibility index (Phi) is 10.5. The monoisotopic (exact) mass is 400 g/mol. The van der Waals surface area contributed by atoms with Crippen LogP contribution in [0.1, 0.15) is 74.1 Å². The molecule has 0 fully saturated rings. The second kappa shape index (κ2) is 12.6. The first-order valence-electron chi connectivity index (χ1n) is 9.75. The third-order valence-corrected chi connectivity index (χ3v) is 4.54. The third-order valence-electron chi connectivity index (χ3n) is 4.54. The molecule has 0 aromatic heterocycles. The molecule has 0 radical (unpaired) electrons. The van der Waals surface area contributed by atoms with Crippen molar-refractivity contribution in [2.75, 3.05) is 13.7 Å². The fourth-order valence-electron chi connectivity index (χ4n) is 2.78. The maximum atomic E-state index is 11.2. The summed E-state index contributed by atoms with van der Waals surface area (Å²) in [7, 11) is 1.41. The molecule has 0 amide bonds. The molecule has 0 spiro atoms. The highest BCUT2D eigenvalue weighted by Crippen LogP contribution is 2.40. The highest BCUT2D eigenvalue weighted by atomic mass is 16.5. The van der Waals surface area contributed by atoms with Crippen LogP contribution in [0.3, 0.4) is 0 Å². The van der Waals surface area contributed by atoms with Gasteiger partial charge >= 0.3 is 0 Å². The molecule has 0 aliphatic rings. The van der Waals surface area contributed by atoms with Crippen molar-refractivity contribution in [3.63, 3.8) is 0 Å². The Morgan fingerprint density at radius 1 is 0.966 bits per heavy atom. The Bertz CT molecular complexity index is 796. The summed E-state index contributed by atoms with van der Waals surface area (Å²) in [4.78, 5) is 22.3. The number of carbonyl (C=O) groups is 2. The summed E-state index contributed by atoms with van der Waals surface area (Å²) < 4.78 is 10.8. The maximum Gasteiger partial charge on any atom is 0.204 e. The molecule has 1 N–H and O–H groups in total. The van der Waals surface area contributed by atoms with Crippen molar-refractivity contribution >= 4 is 12.6 Å². The Balaban J connectivity index is 2.67. The molecule has 1 aromatic carbocycles. The van der Waals surface area contributed by atoms with E-state index in [0.29, 0.717) is 12.6 Å². The van der Waals surface area contributed by atoms with Gasteiger partial charge in [-0.2, -0.15) is 0 Å². The summed E-state index contributed by atoms with van der Waals surface area (Å²) in [5, 5.41) is 10.3. The van der Waals surface area contributed by atoms with Crippen LogP contribution in [0.25, 0.3) is 0 Å². The Morgan fingerprint density at radius 2 is 1.59 bits per heavy atom. The van der Waals surface area contributed by atoms with Crippen molar-refractivity contribution < 1.29 is 24.2 Å². The number of hydrogen-bond acceptors (Lipinski definition) is 5. The number of aromatic hydroxyl groups is 1. The molecule has 0 saturated carbocycles.